The van der Waals surface area contributed by atoms with E-state index in [4.69, 9.17) is 28.9 Å². The Labute approximate surface area is 211 Å². The van der Waals surface area contributed by atoms with Crippen LogP contribution in [0.5, 0.6) is 0 Å². The molecule has 0 bridgehead atoms. The molecule has 1 aliphatic rings. The molecule has 7 nitrogen and oxygen atoms in total. The Kier molecular flexibility index (Phi) is 10.2. The Morgan fingerprint density at radius 2 is 1.79 bits per heavy atom. The molecule has 0 spiro atoms. The number of benzene rings is 2. The number of halogens is 2. The van der Waals surface area contributed by atoms with Crippen molar-refractivity contribution in [3.05, 3.63) is 63.6 Å². The summed E-state index contributed by atoms with van der Waals surface area (Å²) >= 11 is 12.0. The van der Waals surface area contributed by atoms with Crippen molar-refractivity contribution < 1.29 is 4.79 Å². The number of carbonyl (C=O) groups excluding carboxylic acids is 1. The molecule has 1 aliphatic heterocycles. The van der Waals surface area contributed by atoms with Crippen molar-refractivity contribution in [3.8, 4) is 0 Å². The van der Waals surface area contributed by atoms with E-state index in [2.05, 4.69) is 38.0 Å². The quantitative estimate of drug-likeness (QED) is 0.300. The first-order valence-corrected chi connectivity index (χ1v) is 12.2. The fourth-order valence-electron chi connectivity index (χ4n) is 4.07. The highest BCUT2D eigenvalue weighted by Gasteiger charge is 2.19. The molecular formula is C25H32Cl2N6O. The molecule has 34 heavy (non-hydrogen) atoms. The van der Waals surface area contributed by atoms with Crippen LogP contribution < -0.4 is 10.6 Å². The van der Waals surface area contributed by atoms with E-state index in [0.29, 0.717) is 28.7 Å². The van der Waals surface area contributed by atoms with Crippen molar-refractivity contribution in [2.24, 2.45) is 15.7 Å². The minimum Gasteiger partial charge on any atom is -0.390 e. The minimum absolute atomic E-state index is 0.0594. The highest BCUT2D eigenvalue weighted by atomic mass is 35.5. The van der Waals surface area contributed by atoms with Gasteiger partial charge in [-0.15, -0.1) is 0 Å². The van der Waals surface area contributed by atoms with Crippen LogP contribution in [0, 0.1) is 0 Å². The van der Waals surface area contributed by atoms with E-state index >= 15 is 0 Å². The Morgan fingerprint density at radius 3 is 2.50 bits per heavy atom. The molecule has 0 atom stereocenters. The fraction of sp³-hybridized carbons (Fsp3) is 0.400. The smallest absolute Gasteiger partial charge is 0.253 e. The number of para-hydroxylation sites is 1. The van der Waals surface area contributed by atoms with Crippen LogP contribution in [0.1, 0.15) is 28.8 Å². The van der Waals surface area contributed by atoms with Gasteiger partial charge in [0.1, 0.15) is 6.34 Å². The minimum atomic E-state index is -0.0594. The van der Waals surface area contributed by atoms with Crippen molar-refractivity contribution in [2.75, 3.05) is 51.2 Å². The predicted octanol–water partition coefficient (Wildman–Crippen LogP) is 4.18. The van der Waals surface area contributed by atoms with E-state index < -0.39 is 0 Å². The third-order valence-electron chi connectivity index (χ3n) is 5.87. The van der Waals surface area contributed by atoms with E-state index in [-0.39, 0.29) is 5.91 Å². The molecule has 3 rings (SSSR count). The normalized spacial score (nSPS) is 14.9. The molecule has 1 amide bonds. The lowest BCUT2D eigenvalue weighted by molar-refractivity contribution is 0.0791. The third kappa shape index (κ3) is 7.72. The number of unbranched alkanes of at least 4 members (excludes halogenated alkanes) is 1. The van der Waals surface area contributed by atoms with Gasteiger partial charge in [-0.05, 0) is 49.2 Å². The average molecular weight is 503 g/mol. The molecule has 1 fully saturated rings. The van der Waals surface area contributed by atoms with E-state index in [1.165, 1.54) is 23.9 Å². The molecular weight excluding hydrogens is 471 g/mol. The third-order valence-corrected chi connectivity index (χ3v) is 6.31. The molecule has 0 saturated carbocycles. The number of hydrogen-bond acceptors (Lipinski definition) is 4. The van der Waals surface area contributed by atoms with Crippen molar-refractivity contribution in [1.82, 2.24) is 9.80 Å². The summed E-state index contributed by atoms with van der Waals surface area (Å²) in [6, 6.07) is 13.3. The molecule has 9 heteroatoms. The number of amides is 1. The molecule has 0 unspecified atom stereocenters. The van der Waals surface area contributed by atoms with E-state index in [9.17, 15) is 4.79 Å². The van der Waals surface area contributed by atoms with Gasteiger partial charge in [0.15, 0.2) is 0 Å². The number of nitrogens with two attached hydrogens (primary N) is 1. The molecule has 0 radical (unpaired) electrons. The molecule has 2 aromatic rings. The predicted molar refractivity (Wildman–Crippen MR) is 143 cm³/mol. The van der Waals surface area contributed by atoms with Gasteiger partial charge in [-0.25, -0.2) is 4.99 Å². The van der Waals surface area contributed by atoms with Crippen LogP contribution in [0.3, 0.4) is 0 Å². The summed E-state index contributed by atoms with van der Waals surface area (Å²) in [5.41, 5.74) is 8.20. The van der Waals surface area contributed by atoms with Crippen LogP contribution in [0.2, 0.25) is 10.0 Å². The molecule has 2 N–H and O–H groups in total. The van der Waals surface area contributed by atoms with Gasteiger partial charge in [0, 0.05) is 61.1 Å². The van der Waals surface area contributed by atoms with Crippen molar-refractivity contribution in [3.63, 3.8) is 0 Å². The first-order valence-electron chi connectivity index (χ1n) is 11.5. The summed E-state index contributed by atoms with van der Waals surface area (Å²) in [5.74, 6) is -0.0594. The zero-order valence-electron chi connectivity index (χ0n) is 19.5. The Hall–Kier alpha value is -2.61. The summed E-state index contributed by atoms with van der Waals surface area (Å²) in [6.07, 6.45) is 4.72. The fourth-order valence-corrected chi connectivity index (χ4v) is 4.60. The summed E-state index contributed by atoms with van der Waals surface area (Å²) in [4.78, 5) is 27.4. The molecule has 0 aliphatic carbocycles. The number of hydrogen-bond donors (Lipinski definition) is 1. The summed E-state index contributed by atoms with van der Waals surface area (Å²) < 4.78 is 0. The second-order valence-electron chi connectivity index (χ2n) is 8.30. The van der Waals surface area contributed by atoms with Crippen molar-refractivity contribution in [2.45, 2.75) is 19.4 Å². The molecule has 2 aromatic carbocycles. The second-order valence-corrected chi connectivity index (χ2v) is 9.18. The number of rotatable bonds is 10. The molecule has 1 heterocycles. The van der Waals surface area contributed by atoms with Crippen molar-refractivity contribution in [1.29, 1.82) is 0 Å². The largest absolute Gasteiger partial charge is 0.390 e. The number of carbonyl (C=O) groups is 1. The van der Waals surface area contributed by atoms with Gasteiger partial charge in [-0.3, -0.25) is 14.7 Å². The lowest BCUT2D eigenvalue weighted by Crippen LogP contribution is -2.47. The van der Waals surface area contributed by atoms with Crippen LogP contribution in [0.15, 0.2) is 52.4 Å². The van der Waals surface area contributed by atoms with Gasteiger partial charge in [0.05, 0.1) is 12.9 Å². The van der Waals surface area contributed by atoms with E-state index in [1.54, 1.807) is 23.1 Å². The van der Waals surface area contributed by atoms with Crippen LogP contribution in [0.4, 0.5) is 5.69 Å². The maximum atomic E-state index is 12.6. The standard InChI is InChI=1S/C25H32Cl2N6O/c1-31(25(34)21-14-22(26)16-23(27)15-21)8-4-5-9-32-10-12-33(13-11-32)24-7-3-2-6-20(24)17-29-19-30-18-28/h2-3,6-7,14-16,18-19H,4-5,8-13,17H2,1H3,(H2,28,29,30). The first kappa shape index (κ1) is 26.0. The number of aliphatic imine (C=N–C) groups is 2. The van der Waals surface area contributed by atoms with Gasteiger partial charge in [0.25, 0.3) is 5.91 Å². The van der Waals surface area contributed by atoms with Crippen LogP contribution in [0.25, 0.3) is 0 Å². The molecule has 0 aromatic heterocycles. The SMILES string of the molecule is CN(CCCCN1CCN(c2ccccc2CN=CN=CN)CC1)C(=O)c1cc(Cl)cc(Cl)c1. The second kappa shape index (κ2) is 13.3. The van der Waals surface area contributed by atoms with Gasteiger partial charge >= 0.3 is 0 Å². The monoisotopic (exact) mass is 502 g/mol. The lowest BCUT2D eigenvalue weighted by atomic mass is 10.1. The number of piperazine rings is 1. The van der Waals surface area contributed by atoms with Gasteiger partial charge in [0.2, 0.25) is 0 Å². The number of anilines is 1. The zero-order chi connectivity index (χ0) is 24.3. The maximum absolute atomic E-state index is 12.6. The van der Waals surface area contributed by atoms with Crippen molar-refractivity contribution >= 4 is 47.5 Å². The lowest BCUT2D eigenvalue weighted by Gasteiger charge is -2.37. The van der Waals surface area contributed by atoms with Gasteiger partial charge < -0.3 is 15.5 Å². The maximum Gasteiger partial charge on any atom is 0.253 e. The molecule has 182 valence electrons. The van der Waals surface area contributed by atoms with E-state index in [0.717, 1.165) is 45.6 Å². The Bertz CT molecular complexity index is 984. The Balaban J connectivity index is 1.40. The first-order chi connectivity index (χ1) is 16.5. The van der Waals surface area contributed by atoms with Crippen LogP contribution in [-0.2, 0) is 6.54 Å². The Morgan fingerprint density at radius 1 is 1.09 bits per heavy atom. The van der Waals surface area contributed by atoms with Gasteiger partial charge in [-0.1, -0.05) is 41.4 Å². The van der Waals surface area contributed by atoms with Crippen LogP contribution in [-0.4, -0.2) is 74.7 Å². The highest BCUT2D eigenvalue weighted by Crippen LogP contribution is 2.23. The zero-order valence-corrected chi connectivity index (χ0v) is 21.0. The highest BCUT2D eigenvalue weighted by molar-refractivity contribution is 6.35. The number of nitrogens with zero attached hydrogens (tertiary/aromatic N) is 5. The summed E-state index contributed by atoms with van der Waals surface area (Å²) in [5, 5.41) is 0.944. The average Bonchev–Trinajstić information content (AvgIpc) is 2.84. The van der Waals surface area contributed by atoms with Crippen LogP contribution >= 0.6 is 23.2 Å². The summed E-state index contributed by atoms with van der Waals surface area (Å²) in [6.45, 7) is 6.31. The topological polar surface area (TPSA) is 77.5 Å². The van der Waals surface area contributed by atoms with Gasteiger partial charge in [-0.2, -0.15) is 0 Å². The summed E-state index contributed by atoms with van der Waals surface area (Å²) in [7, 11) is 1.82. The molecule has 1 saturated heterocycles. The van der Waals surface area contributed by atoms with E-state index in [1.807, 2.05) is 13.1 Å².